The van der Waals surface area contributed by atoms with Crippen molar-refractivity contribution in [2.24, 2.45) is 0 Å². The average molecular weight is 302 g/mol. The van der Waals surface area contributed by atoms with Crippen LogP contribution in [0.25, 0.3) is 0 Å². The highest BCUT2D eigenvalue weighted by atomic mass is 79.9. The molecule has 1 aliphatic heterocycles. The molecule has 1 atom stereocenters. The Kier molecular flexibility index (Phi) is 4.17. The van der Waals surface area contributed by atoms with Crippen molar-refractivity contribution in [2.45, 2.75) is 31.8 Å². The van der Waals surface area contributed by atoms with Crippen LogP contribution in [0.2, 0.25) is 0 Å². The van der Waals surface area contributed by atoms with Crippen LogP contribution in [0.15, 0.2) is 22.7 Å². The van der Waals surface area contributed by atoms with Crippen molar-refractivity contribution in [1.29, 1.82) is 0 Å². The molecule has 17 heavy (non-hydrogen) atoms. The molecule has 2 nitrogen and oxygen atoms in total. The zero-order chi connectivity index (χ0) is 12.3. The van der Waals surface area contributed by atoms with E-state index in [0.717, 1.165) is 31.6 Å². The summed E-state index contributed by atoms with van der Waals surface area (Å²) in [6, 6.07) is 5.11. The maximum Gasteiger partial charge on any atom is 0.137 e. The molecule has 1 saturated heterocycles. The van der Waals surface area contributed by atoms with Gasteiger partial charge in [0.2, 0.25) is 0 Å². The molecule has 0 spiro atoms. The van der Waals surface area contributed by atoms with Crippen molar-refractivity contribution in [1.82, 2.24) is 5.32 Å². The summed E-state index contributed by atoms with van der Waals surface area (Å²) in [6.45, 7) is 4.37. The molecular weight excluding hydrogens is 285 g/mol. The lowest BCUT2D eigenvalue weighted by Crippen LogP contribution is -2.48. The number of hydrogen-bond donors (Lipinski definition) is 1. The van der Waals surface area contributed by atoms with Crippen LogP contribution in [0.5, 0.6) is 0 Å². The third kappa shape index (κ3) is 3.27. The Hall–Kier alpha value is -0.450. The first-order valence-corrected chi connectivity index (χ1v) is 6.66. The van der Waals surface area contributed by atoms with Gasteiger partial charge in [-0.15, -0.1) is 0 Å². The van der Waals surface area contributed by atoms with Gasteiger partial charge in [-0.25, -0.2) is 4.39 Å². The third-order valence-electron chi connectivity index (χ3n) is 3.18. The maximum absolute atomic E-state index is 13.3. The Morgan fingerprint density at radius 1 is 1.53 bits per heavy atom. The first-order valence-electron chi connectivity index (χ1n) is 5.86. The van der Waals surface area contributed by atoms with Gasteiger partial charge < -0.3 is 10.1 Å². The molecule has 2 rings (SSSR count). The zero-order valence-electron chi connectivity index (χ0n) is 9.93. The van der Waals surface area contributed by atoms with E-state index in [-0.39, 0.29) is 11.4 Å². The fraction of sp³-hybridized carbons (Fsp3) is 0.538. The number of hydrogen-bond acceptors (Lipinski definition) is 2. The van der Waals surface area contributed by atoms with Gasteiger partial charge in [0, 0.05) is 18.7 Å². The van der Waals surface area contributed by atoms with Gasteiger partial charge in [-0.05, 0) is 47.3 Å². The van der Waals surface area contributed by atoms with E-state index in [4.69, 9.17) is 4.74 Å². The summed E-state index contributed by atoms with van der Waals surface area (Å²) in [7, 11) is 0. The predicted octanol–water partition coefficient (Wildman–Crippen LogP) is 3.25. The van der Waals surface area contributed by atoms with E-state index >= 15 is 0 Å². The summed E-state index contributed by atoms with van der Waals surface area (Å²) in [6.07, 6.45) is 2.17. The van der Waals surface area contributed by atoms with Crippen molar-refractivity contribution >= 4 is 15.9 Å². The fourth-order valence-electron chi connectivity index (χ4n) is 2.07. The smallest absolute Gasteiger partial charge is 0.137 e. The highest BCUT2D eigenvalue weighted by molar-refractivity contribution is 9.10. The highest BCUT2D eigenvalue weighted by Gasteiger charge is 2.26. The quantitative estimate of drug-likeness (QED) is 0.925. The van der Waals surface area contributed by atoms with Crippen molar-refractivity contribution in [3.8, 4) is 0 Å². The standard InChI is InChI=1S/C13H17BrFNO/c1-13(6-3-7-17-9-13)16-8-10-4-2-5-11(15)12(10)14/h2,4-5,16H,3,6-9H2,1H3. The number of ether oxygens (including phenoxy) is 1. The van der Waals surface area contributed by atoms with Gasteiger partial charge in [0.05, 0.1) is 11.1 Å². The second kappa shape index (κ2) is 5.46. The van der Waals surface area contributed by atoms with E-state index in [2.05, 4.69) is 28.2 Å². The Labute approximate surface area is 110 Å². The topological polar surface area (TPSA) is 21.3 Å². The Morgan fingerprint density at radius 3 is 3.06 bits per heavy atom. The summed E-state index contributed by atoms with van der Waals surface area (Å²) in [4.78, 5) is 0. The van der Waals surface area contributed by atoms with Crippen LogP contribution in [0.4, 0.5) is 4.39 Å². The number of benzene rings is 1. The van der Waals surface area contributed by atoms with E-state index in [1.54, 1.807) is 6.07 Å². The summed E-state index contributed by atoms with van der Waals surface area (Å²) in [5.41, 5.74) is 0.945. The number of halogens is 2. The van der Waals surface area contributed by atoms with Gasteiger partial charge in [-0.1, -0.05) is 12.1 Å². The maximum atomic E-state index is 13.3. The molecule has 1 N–H and O–H groups in total. The van der Waals surface area contributed by atoms with Crippen LogP contribution < -0.4 is 5.32 Å². The van der Waals surface area contributed by atoms with Gasteiger partial charge in [0.25, 0.3) is 0 Å². The minimum absolute atomic E-state index is 0.00398. The average Bonchev–Trinajstić information content (AvgIpc) is 2.32. The molecule has 1 heterocycles. The second-order valence-corrected chi connectivity index (χ2v) is 5.58. The predicted molar refractivity (Wildman–Crippen MR) is 69.4 cm³/mol. The SMILES string of the molecule is CC1(NCc2cccc(F)c2Br)CCCOC1. The first kappa shape index (κ1) is 13.0. The molecule has 1 aliphatic rings. The minimum atomic E-state index is -0.214. The Balaban J connectivity index is 1.99. The lowest BCUT2D eigenvalue weighted by molar-refractivity contribution is 0.0277. The van der Waals surface area contributed by atoms with Gasteiger partial charge in [-0.2, -0.15) is 0 Å². The number of rotatable bonds is 3. The van der Waals surface area contributed by atoms with Crippen LogP contribution in [-0.4, -0.2) is 18.8 Å². The van der Waals surface area contributed by atoms with Gasteiger partial charge in [-0.3, -0.25) is 0 Å². The zero-order valence-corrected chi connectivity index (χ0v) is 11.5. The van der Waals surface area contributed by atoms with E-state index < -0.39 is 0 Å². The molecule has 0 aromatic heterocycles. The molecule has 1 fully saturated rings. The molecular formula is C13H17BrFNO. The number of nitrogens with one attached hydrogen (secondary N) is 1. The molecule has 1 unspecified atom stereocenters. The Bertz CT molecular complexity index is 391. The largest absolute Gasteiger partial charge is 0.380 e. The van der Waals surface area contributed by atoms with Crippen LogP contribution in [0, 0.1) is 5.82 Å². The van der Waals surface area contributed by atoms with Crippen molar-refractivity contribution in [3.05, 3.63) is 34.1 Å². The molecule has 0 bridgehead atoms. The van der Waals surface area contributed by atoms with Crippen molar-refractivity contribution < 1.29 is 9.13 Å². The summed E-state index contributed by atoms with van der Waals surface area (Å²) in [5.74, 6) is -0.214. The van der Waals surface area contributed by atoms with Crippen LogP contribution in [-0.2, 0) is 11.3 Å². The third-order valence-corrected chi connectivity index (χ3v) is 4.06. The van der Waals surface area contributed by atoms with Crippen molar-refractivity contribution in [2.75, 3.05) is 13.2 Å². The Morgan fingerprint density at radius 2 is 2.35 bits per heavy atom. The van der Waals surface area contributed by atoms with Crippen molar-refractivity contribution in [3.63, 3.8) is 0 Å². The molecule has 4 heteroatoms. The van der Waals surface area contributed by atoms with Gasteiger partial charge in [0.1, 0.15) is 5.82 Å². The summed E-state index contributed by atoms with van der Waals surface area (Å²) in [5, 5.41) is 3.46. The lowest BCUT2D eigenvalue weighted by Gasteiger charge is -2.34. The molecule has 0 saturated carbocycles. The van der Waals surface area contributed by atoms with Gasteiger partial charge >= 0.3 is 0 Å². The molecule has 94 valence electrons. The molecule has 1 aromatic carbocycles. The van der Waals surface area contributed by atoms with Crippen LogP contribution >= 0.6 is 15.9 Å². The van der Waals surface area contributed by atoms with Gasteiger partial charge in [0.15, 0.2) is 0 Å². The lowest BCUT2D eigenvalue weighted by atomic mass is 9.94. The fourth-order valence-corrected chi connectivity index (χ4v) is 2.47. The summed E-state index contributed by atoms with van der Waals surface area (Å²) < 4.78 is 19.4. The van der Waals surface area contributed by atoms with Crippen LogP contribution in [0.3, 0.4) is 0 Å². The first-order chi connectivity index (χ1) is 8.11. The molecule has 0 radical (unpaired) electrons. The molecule has 0 aliphatic carbocycles. The van der Waals surface area contributed by atoms with Crippen LogP contribution in [0.1, 0.15) is 25.3 Å². The molecule has 1 aromatic rings. The summed E-state index contributed by atoms with van der Waals surface area (Å²) >= 11 is 3.28. The van der Waals surface area contributed by atoms with E-state index in [1.807, 2.05) is 6.07 Å². The van der Waals surface area contributed by atoms with E-state index in [1.165, 1.54) is 6.07 Å². The second-order valence-electron chi connectivity index (χ2n) is 4.78. The molecule has 0 amide bonds. The van der Waals surface area contributed by atoms with E-state index in [9.17, 15) is 4.39 Å². The highest BCUT2D eigenvalue weighted by Crippen LogP contribution is 2.23. The monoisotopic (exact) mass is 301 g/mol. The minimum Gasteiger partial charge on any atom is -0.380 e. The van der Waals surface area contributed by atoms with E-state index in [0.29, 0.717) is 11.0 Å². The normalized spacial score (nSPS) is 24.9.